The van der Waals surface area contributed by atoms with E-state index in [4.69, 9.17) is 4.74 Å². The zero-order chi connectivity index (χ0) is 12.3. The SMILES string of the molecule is C=C(C)C(C)CC1CCOC1.CC.CC. The van der Waals surface area contributed by atoms with Gasteiger partial charge in [0.15, 0.2) is 0 Å². The lowest BCUT2D eigenvalue weighted by atomic mass is 9.91. The molecule has 92 valence electrons. The maximum Gasteiger partial charge on any atom is 0.0495 e. The summed E-state index contributed by atoms with van der Waals surface area (Å²) >= 11 is 0. The van der Waals surface area contributed by atoms with E-state index >= 15 is 0 Å². The van der Waals surface area contributed by atoms with Crippen LogP contribution in [0.15, 0.2) is 12.2 Å². The Bertz CT molecular complexity index is 134. The van der Waals surface area contributed by atoms with Crippen LogP contribution in [0.3, 0.4) is 0 Å². The fourth-order valence-electron chi connectivity index (χ4n) is 1.47. The highest BCUT2D eigenvalue weighted by Crippen LogP contribution is 2.24. The molecule has 0 aromatic heterocycles. The molecule has 0 bridgehead atoms. The van der Waals surface area contributed by atoms with Crippen LogP contribution in [-0.2, 0) is 4.74 Å². The molecule has 1 aliphatic rings. The Morgan fingerprint density at radius 2 is 1.87 bits per heavy atom. The Labute approximate surface area is 96.9 Å². The molecule has 1 heteroatoms. The summed E-state index contributed by atoms with van der Waals surface area (Å²) in [6, 6.07) is 0. The van der Waals surface area contributed by atoms with Gasteiger partial charge in [0.05, 0.1) is 0 Å². The number of hydrogen-bond donors (Lipinski definition) is 0. The van der Waals surface area contributed by atoms with Crippen molar-refractivity contribution < 1.29 is 4.74 Å². The Hall–Kier alpha value is -0.300. The maximum absolute atomic E-state index is 5.31. The van der Waals surface area contributed by atoms with Crippen LogP contribution in [-0.4, -0.2) is 13.2 Å². The highest BCUT2D eigenvalue weighted by Gasteiger charge is 2.18. The quantitative estimate of drug-likeness (QED) is 0.620. The van der Waals surface area contributed by atoms with Crippen molar-refractivity contribution in [3.8, 4) is 0 Å². The molecule has 2 atom stereocenters. The minimum Gasteiger partial charge on any atom is -0.381 e. The van der Waals surface area contributed by atoms with Gasteiger partial charge in [-0.25, -0.2) is 0 Å². The Balaban J connectivity index is 0. The lowest BCUT2D eigenvalue weighted by Crippen LogP contribution is -2.06. The molecule has 0 radical (unpaired) electrons. The summed E-state index contributed by atoms with van der Waals surface area (Å²) in [4.78, 5) is 0. The summed E-state index contributed by atoms with van der Waals surface area (Å²) in [5.41, 5.74) is 1.30. The van der Waals surface area contributed by atoms with E-state index in [1.807, 2.05) is 27.7 Å². The fourth-order valence-corrected chi connectivity index (χ4v) is 1.47. The van der Waals surface area contributed by atoms with Gasteiger partial charge in [-0.3, -0.25) is 0 Å². The Morgan fingerprint density at radius 1 is 1.33 bits per heavy atom. The normalized spacial score (nSPS) is 20.5. The van der Waals surface area contributed by atoms with Crippen LogP contribution < -0.4 is 0 Å². The molecule has 0 N–H and O–H groups in total. The van der Waals surface area contributed by atoms with Gasteiger partial charge in [-0.1, -0.05) is 46.8 Å². The van der Waals surface area contributed by atoms with Crippen LogP contribution in [0.1, 0.15) is 54.4 Å². The first kappa shape index (κ1) is 17.1. The monoisotopic (exact) mass is 214 g/mol. The van der Waals surface area contributed by atoms with Crippen molar-refractivity contribution >= 4 is 0 Å². The second kappa shape index (κ2) is 11.8. The molecule has 0 amide bonds. The molecule has 1 heterocycles. The van der Waals surface area contributed by atoms with Crippen molar-refractivity contribution in [2.75, 3.05) is 13.2 Å². The molecule has 0 saturated carbocycles. The van der Waals surface area contributed by atoms with Crippen LogP contribution in [0, 0.1) is 11.8 Å². The zero-order valence-electron chi connectivity index (χ0n) is 11.6. The number of allylic oxidation sites excluding steroid dienone is 1. The van der Waals surface area contributed by atoms with Gasteiger partial charge < -0.3 is 4.74 Å². The van der Waals surface area contributed by atoms with E-state index in [0.717, 1.165) is 19.1 Å². The molecule has 1 fully saturated rings. The largest absolute Gasteiger partial charge is 0.381 e. The first-order valence-corrected chi connectivity index (χ1v) is 6.43. The lowest BCUT2D eigenvalue weighted by Gasteiger charge is -2.14. The zero-order valence-corrected chi connectivity index (χ0v) is 11.6. The predicted octanol–water partition coefficient (Wildman–Crippen LogP) is 4.68. The Morgan fingerprint density at radius 3 is 2.20 bits per heavy atom. The average Bonchev–Trinajstić information content (AvgIpc) is 2.76. The van der Waals surface area contributed by atoms with Gasteiger partial charge in [-0.15, -0.1) is 0 Å². The molecule has 0 spiro atoms. The van der Waals surface area contributed by atoms with Crippen LogP contribution in [0.25, 0.3) is 0 Å². The van der Waals surface area contributed by atoms with Gasteiger partial charge in [0.2, 0.25) is 0 Å². The van der Waals surface area contributed by atoms with Crippen molar-refractivity contribution in [3.05, 3.63) is 12.2 Å². The van der Waals surface area contributed by atoms with E-state index in [-0.39, 0.29) is 0 Å². The van der Waals surface area contributed by atoms with Crippen molar-refractivity contribution in [1.82, 2.24) is 0 Å². The van der Waals surface area contributed by atoms with E-state index in [9.17, 15) is 0 Å². The van der Waals surface area contributed by atoms with Crippen LogP contribution in [0.5, 0.6) is 0 Å². The molecule has 2 unspecified atom stereocenters. The van der Waals surface area contributed by atoms with E-state index < -0.39 is 0 Å². The van der Waals surface area contributed by atoms with Crippen molar-refractivity contribution in [2.24, 2.45) is 11.8 Å². The van der Waals surface area contributed by atoms with Gasteiger partial charge in [0.25, 0.3) is 0 Å². The molecular formula is C14H30O. The van der Waals surface area contributed by atoms with Gasteiger partial charge in [0, 0.05) is 13.2 Å². The number of rotatable bonds is 3. The summed E-state index contributed by atoms with van der Waals surface area (Å²) in [7, 11) is 0. The summed E-state index contributed by atoms with van der Waals surface area (Å²) < 4.78 is 5.31. The first-order valence-electron chi connectivity index (χ1n) is 6.43. The molecule has 1 nitrogen and oxygen atoms in total. The third-order valence-electron chi connectivity index (χ3n) is 2.55. The Kier molecular flexibility index (Phi) is 13.4. The highest BCUT2D eigenvalue weighted by atomic mass is 16.5. The average molecular weight is 214 g/mol. The summed E-state index contributed by atoms with van der Waals surface area (Å²) in [6.07, 6.45) is 2.51. The fraction of sp³-hybridized carbons (Fsp3) is 0.857. The minimum atomic E-state index is 0.668. The molecule has 0 aromatic rings. The van der Waals surface area contributed by atoms with Gasteiger partial charge in [-0.2, -0.15) is 0 Å². The second-order valence-corrected chi connectivity index (χ2v) is 3.71. The van der Waals surface area contributed by atoms with Crippen molar-refractivity contribution in [3.63, 3.8) is 0 Å². The van der Waals surface area contributed by atoms with E-state index in [0.29, 0.717) is 5.92 Å². The first-order chi connectivity index (χ1) is 7.20. The summed E-state index contributed by atoms with van der Waals surface area (Å²) in [5.74, 6) is 1.46. The standard InChI is InChI=1S/C10H18O.2C2H6/c1-8(2)9(3)6-10-4-5-11-7-10;2*1-2/h9-10H,1,4-7H2,2-3H3;2*1-2H3. The third-order valence-corrected chi connectivity index (χ3v) is 2.55. The van der Waals surface area contributed by atoms with Gasteiger partial charge >= 0.3 is 0 Å². The van der Waals surface area contributed by atoms with Crippen LogP contribution in [0.2, 0.25) is 0 Å². The lowest BCUT2D eigenvalue weighted by molar-refractivity contribution is 0.182. The number of ether oxygens (including phenoxy) is 1. The molecule has 1 aliphatic heterocycles. The van der Waals surface area contributed by atoms with Crippen molar-refractivity contribution in [1.29, 1.82) is 0 Å². The molecule has 0 aromatic carbocycles. The maximum atomic E-state index is 5.31. The molecule has 1 rings (SSSR count). The molecule has 1 saturated heterocycles. The second-order valence-electron chi connectivity index (χ2n) is 3.71. The van der Waals surface area contributed by atoms with E-state index in [1.54, 1.807) is 0 Å². The number of hydrogen-bond acceptors (Lipinski definition) is 1. The summed E-state index contributed by atoms with van der Waals surface area (Å²) in [5, 5.41) is 0. The van der Waals surface area contributed by atoms with E-state index in [1.165, 1.54) is 18.4 Å². The molecular weight excluding hydrogens is 184 g/mol. The van der Waals surface area contributed by atoms with Crippen molar-refractivity contribution in [2.45, 2.75) is 54.4 Å². The molecule has 15 heavy (non-hydrogen) atoms. The van der Waals surface area contributed by atoms with Gasteiger partial charge in [-0.05, 0) is 31.6 Å². The predicted molar refractivity (Wildman–Crippen MR) is 70.2 cm³/mol. The minimum absolute atomic E-state index is 0.668. The smallest absolute Gasteiger partial charge is 0.0495 e. The van der Waals surface area contributed by atoms with E-state index in [2.05, 4.69) is 20.4 Å². The third kappa shape index (κ3) is 8.68. The highest BCUT2D eigenvalue weighted by molar-refractivity contribution is 4.94. The van der Waals surface area contributed by atoms with Gasteiger partial charge in [0.1, 0.15) is 0 Å². The molecule has 0 aliphatic carbocycles. The van der Waals surface area contributed by atoms with Crippen LogP contribution in [0.4, 0.5) is 0 Å². The summed E-state index contributed by atoms with van der Waals surface area (Å²) in [6.45, 7) is 18.3. The van der Waals surface area contributed by atoms with Crippen LogP contribution >= 0.6 is 0 Å². The topological polar surface area (TPSA) is 9.23 Å².